The number of ether oxygens (including phenoxy) is 3. The minimum Gasteiger partial charge on any atom is -0.497 e. The Kier molecular flexibility index (Phi) is 25.6. The molecule has 0 aromatic heterocycles. The van der Waals surface area contributed by atoms with Crippen LogP contribution in [0.1, 0.15) is 127 Å². The van der Waals surface area contributed by atoms with E-state index < -0.39 is 150 Å². The molecule has 24 heteroatoms. The van der Waals surface area contributed by atoms with Crippen LogP contribution in [0, 0.1) is 33.5 Å². The summed E-state index contributed by atoms with van der Waals surface area (Å²) in [7, 11) is 4.19. The molecule has 1 aromatic rings. The van der Waals surface area contributed by atoms with Crippen LogP contribution in [0.5, 0.6) is 5.75 Å². The van der Waals surface area contributed by atoms with Crippen molar-refractivity contribution in [2.24, 2.45) is 34.0 Å². The maximum absolute atomic E-state index is 15.0. The molecular weight excluding hydrogens is 1030 g/mol. The average Bonchev–Trinajstić information content (AvgIpc) is 3.94. The van der Waals surface area contributed by atoms with E-state index in [0.29, 0.717) is 24.2 Å². The van der Waals surface area contributed by atoms with E-state index in [1.807, 2.05) is 0 Å². The van der Waals surface area contributed by atoms with Crippen molar-refractivity contribution < 1.29 is 62.2 Å². The molecule has 2 heterocycles. The molecule has 0 saturated carbocycles. The lowest BCUT2D eigenvalue weighted by atomic mass is 9.92. The van der Waals surface area contributed by atoms with Crippen LogP contribution in [-0.2, 0) is 63.8 Å². The summed E-state index contributed by atoms with van der Waals surface area (Å²) in [6.07, 6.45) is -2.83. The fourth-order valence-corrected chi connectivity index (χ4v) is 9.88. The highest BCUT2D eigenvalue weighted by molar-refractivity contribution is 6.05. The minimum absolute atomic E-state index is 0.0306. The van der Waals surface area contributed by atoms with Crippen LogP contribution in [0.2, 0.25) is 0 Å². The largest absolute Gasteiger partial charge is 0.497 e. The third kappa shape index (κ3) is 17.3. The standard InChI is InChI=1S/C55H85N9O15/c1-16-19-38-53(72)63(17-2)34(11)52(71)62(14)42(27-36-21-23-37(77-15)24-22-36)55(74)78-35(12)45(58-49(68)41(26-29(3)4)61(13)54(73)40-20-18-25-64(40)51(70)33(10)59-75)50(69)57-44(30(5)6)39(60-76)28-43(65)79-47(31(7)8)46(66)32(9)48(67)56-38/h21-24,29-35,38-42,44-45,47H,16-20,25-28H2,1-15H3,(H,56,67)(H,57,69)(H,58,68)/t32-,33-,34-,35+,38-,39-,40-,41+,42-,44+,45-,47-/m0/s1. The van der Waals surface area contributed by atoms with Crippen LogP contribution in [0.15, 0.2) is 34.6 Å². The Morgan fingerprint density at radius 1 is 0.873 bits per heavy atom. The number of carbonyl (C=O) groups is 10. The molecular formula is C55H85N9O15. The Morgan fingerprint density at radius 3 is 2.04 bits per heavy atom. The fourth-order valence-electron chi connectivity index (χ4n) is 9.88. The van der Waals surface area contributed by atoms with Crippen molar-refractivity contribution in [2.75, 3.05) is 34.3 Å². The number of carbonyl (C=O) groups excluding carboxylic acids is 10. The topological polar surface area (TPSA) is 306 Å². The quantitative estimate of drug-likeness (QED) is 0.114. The number of likely N-dealkylation sites (N-methyl/N-ethyl adjacent to an activating group) is 3. The molecule has 2 aliphatic heterocycles. The van der Waals surface area contributed by atoms with Gasteiger partial charge < -0.3 is 49.8 Å². The maximum Gasteiger partial charge on any atom is 0.329 e. The Morgan fingerprint density at radius 2 is 1.51 bits per heavy atom. The van der Waals surface area contributed by atoms with E-state index in [4.69, 9.17) is 14.2 Å². The highest BCUT2D eigenvalue weighted by Gasteiger charge is 2.45. The first-order valence-corrected chi connectivity index (χ1v) is 27.4. The first-order valence-electron chi connectivity index (χ1n) is 27.4. The summed E-state index contributed by atoms with van der Waals surface area (Å²) in [6.45, 7) is 18.9. The summed E-state index contributed by atoms with van der Waals surface area (Å²) in [5.41, 5.74) is 0.537. The molecule has 0 spiro atoms. The summed E-state index contributed by atoms with van der Waals surface area (Å²) < 4.78 is 17.1. The Balaban J connectivity index is 2.30. The average molecular weight is 1110 g/mol. The van der Waals surface area contributed by atoms with Crippen molar-refractivity contribution in [1.29, 1.82) is 0 Å². The van der Waals surface area contributed by atoms with E-state index in [-0.39, 0.29) is 44.7 Å². The third-order valence-corrected chi connectivity index (χ3v) is 14.7. The van der Waals surface area contributed by atoms with Gasteiger partial charge in [-0.2, -0.15) is 4.91 Å². The fraction of sp³-hybridized carbons (Fsp3) is 0.709. The predicted octanol–water partition coefficient (Wildman–Crippen LogP) is 3.47. The van der Waals surface area contributed by atoms with Gasteiger partial charge in [0.15, 0.2) is 17.9 Å². The van der Waals surface area contributed by atoms with Crippen LogP contribution < -0.4 is 20.7 Å². The number of nitrogens with zero attached hydrogens (tertiary/aromatic N) is 6. The van der Waals surface area contributed by atoms with Gasteiger partial charge in [0.2, 0.25) is 35.4 Å². The van der Waals surface area contributed by atoms with Gasteiger partial charge in [0.25, 0.3) is 5.91 Å². The van der Waals surface area contributed by atoms with Crippen LogP contribution in [-0.4, -0.2) is 180 Å². The molecule has 1 aromatic carbocycles. The number of rotatable bonds is 17. The van der Waals surface area contributed by atoms with Crippen molar-refractivity contribution in [3.63, 3.8) is 0 Å². The van der Waals surface area contributed by atoms with Gasteiger partial charge in [0.05, 0.1) is 25.5 Å². The molecule has 0 radical (unpaired) electrons. The summed E-state index contributed by atoms with van der Waals surface area (Å²) in [5, 5.41) is 14.1. The van der Waals surface area contributed by atoms with Crippen molar-refractivity contribution in [3.05, 3.63) is 39.6 Å². The highest BCUT2D eigenvalue weighted by Crippen LogP contribution is 2.25. The van der Waals surface area contributed by atoms with Crippen LogP contribution >= 0.6 is 0 Å². The first-order chi connectivity index (χ1) is 37.1. The zero-order valence-corrected chi connectivity index (χ0v) is 48.6. The van der Waals surface area contributed by atoms with Gasteiger partial charge in [0.1, 0.15) is 54.1 Å². The number of hydrogen-bond acceptors (Lipinski definition) is 17. The normalized spacial score (nSPS) is 26.5. The van der Waals surface area contributed by atoms with Crippen LogP contribution in [0.3, 0.4) is 0 Å². The molecule has 2 saturated heterocycles. The van der Waals surface area contributed by atoms with Crippen molar-refractivity contribution in [1.82, 2.24) is 35.6 Å². The molecule has 0 bridgehead atoms. The number of amides is 7. The monoisotopic (exact) mass is 1110 g/mol. The van der Waals surface area contributed by atoms with Gasteiger partial charge in [-0.15, -0.1) is 4.91 Å². The smallest absolute Gasteiger partial charge is 0.329 e. The van der Waals surface area contributed by atoms with Crippen LogP contribution in [0.4, 0.5) is 0 Å². The van der Waals surface area contributed by atoms with E-state index >= 15 is 0 Å². The second kappa shape index (κ2) is 30.5. The molecule has 3 N–H and O–H groups in total. The molecule has 12 atom stereocenters. The number of benzene rings is 1. The molecule has 2 fully saturated rings. The number of hydrogen-bond donors (Lipinski definition) is 3. The lowest BCUT2D eigenvalue weighted by Crippen LogP contribution is -2.62. The SMILES string of the molecule is CCC[C@@H]1NC(=O)[C@@H](C)C(=O)[C@H](C(C)C)OC(=O)C[C@H](N=O)[C@@H](C(C)C)NC(=O)[C@@H](NC(=O)[C@@H](CC(C)C)N(C)C(=O)[C@@H]2CCCN2C(=O)[C@H](C)N=O)[C@@H](C)OC(=O)[C@H](Cc2ccc(OC)cc2)N(C)C(=O)[C@H](C)N(CC)C1=O. The molecule has 2 aliphatic rings. The number of ketones is 1. The lowest BCUT2D eigenvalue weighted by molar-refractivity contribution is -0.162. The lowest BCUT2D eigenvalue weighted by Gasteiger charge is -2.37. The number of likely N-dealkylation sites (tertiary alicyclic amines) is 1. The molecule has 24 nitrogen and oxygen atoms in total. The highest BCUT2D eigenvalue weighted by atomic mass is 16.6. The molecule has 3 rings (SSSR count). The van der Waals surface area contributed by atoms with Crippen LogP contribution in [0.25, 0.3) is 0 Å². The van der Waals surface area contributed by atoms with Crippen molar-refractivity contribution in [3.8, 4) is 5.75 Å². The van der Waals surface area contributed by atoms with Gasteiger partial charge in [-0.1, -0.05) is 77.4 Å². The second-order valence-corrected chi connectivity index (χ2v) is 21.8. The van der Waals surface area contributed by atoms with E-state index in [1.54, 1.807) is 79.7 Å². The zero-order chi connectivity index (χ0) is 59.7. The summed E-state index contributed by atoms with van der Waals surface area (Å²) in [6, 6.07) is -5.57. The summed E-state index contributed by atoms with van der Waals surface area (Å²) in [5.74, 6) is -10.9. The molecule has 0 unspecified atom stereocenters. The van der Waals surface area contributed by atoms with E-state index in [1.165, 1.54) is 58.7 Å². The first kappa shape index (κ1) is 66.4. The van der Waals surface area contributed by atoms with Gasteiger partial charge in [-0.05, 0) is 95.8 Å². The van der Waals surface area contributed by atoms with Gasteiger partial charge in [-0.25, -0.2) is 4.79 Å². The number of Topliss-reactive ketones (excluding diaryl/α,β-unsaturated/α-hetero) is 1. The van der Waals surface area contributed by atoms with Gasteiger partial charge in [0, 0.05) is 33.6 Å². The number of cyclic esters (lactones) is 2. The third-order valence-electron chi connectivity index (χ3n) is 14.7. The molecule has 440 valence electrons. The zero-order valence-electron chi connectivity index (χ0n) is 48.6. The molecule has 0 aliphatic carbocycles. The molecule has 79 heavy (non-hydrogen) atoms. The number of nitrogens with one attached hydrogen (secondary N) is 3. The summed E-state index contributed by atoms with van der Waals surface area (Å²) >= 11 is 0. The van der Waals surface area contributed by atoms with E-state index in [2.05, 4.69) is 26.3 Å². The van der Waals surface area contributed by atoms with Crippen molar-refractivity contribution in [2.45, 2.75) is 195 Å². The molecule has 7 amide bonds. The van der Waals surface area contributed by atoms with E-state index in [9.17, 15) is 57.8 Å². The number of esters is 2. The Labute approximate surface area is 463 Å². The van der Waals surface area contributed by atoms with Gasteiger partial charge in [-0.3, -0.25) is 43.2 Å². The Bertz CT molecular complexity index is 2350. The number of methoxy groups -OCH3 is 1. The second-order valence-electron chi connectivity index (χ2n) is 21.8. The van der Waals surface area contributed by atoms with E-state index in [0.717, 1.165) is 9.80 Å². The number of nitroso groups, excluding NO2 is 2. The minimum atomic E-state index is -1.82. The van der Waals surface area contributed by atoms with Gasteiger partial charge >= 0.3 is 11.9 Å². The predicted molar refractivity (Wildman–Crippen MR) is 290 cm³/mol. The maximum atomic E-state index is 15.0. The van der Waals surface area contributed by atoms with Crippen molar-refractivity contribution >= 4 is 59.1 Å². The Hall–Kier alpha value is -6.88. The summed E-state index contributed by atoms with van der Waals surface area (Å²) in [4.78, 5) is 172.